The molecule has 0 atom stereocenters. The van der Waals surface area contributed by atoms with Gasteiger partial charge in [-0.1, -0.05) is 58.4 Å². The molecule has 1 aliphatic heterocycles. The lowest BCUT2D eigenvalue weighted by Crippen LogP contribution is -2.48. The van der Waals surface area contributed by atoms with E-state index in [9.17, 15) is 9.59 Å². The molecular weight excluding hydrogens is 524 g/mol. The molecule has 0 spiro atoms. The van der Waals surface area contributed by atoms with Gasteiger partial charge in [0.15, 0.2) is 4.77 Å². The maximum absolute atomic E-state index is 13.0. The van der Waals surface area contributed by atoms with Crippen LogP contribution in [0.25, 0.3) is 10.9 Å². The smallest absolute Gasteiger partial charge is 0.262 e. The highest BCUT2D eigenvalue weighted by atomic mass is 79.9. The fourth-order valence-corrected chi connectivity index (χ4v) is 5.05. The van der Waals surface area contributed by atoms with Gasteiger partial charge < -0.3 is 9.88 Å². The number of hydrogen-bond acceptors (Lipinski definition) is 4. The molecule has 35 heavy (non-hydrogen) atoms. The van der Waals surface area contributed by atoms with Crippen molar-refractivity contribution in [2.45, 2.75) is 13.1 Å². The van der Waals surface area contributed by atoms with Crippen molar-refractivity contribution >= 4 is 45.0 Å². The van der Waals surface area contributed by atoms with E-state index in [2.05, 4.69) is 50.1 Å². The summed E-state index contributed by atoms with van der Waals surface area (Å²) in [4.78, 5) is 33.5. The minimum absolute atomic E-state index is 0.0425. The molecule has 0 radical (unpaired) electrons. The molecule has 178 valence electrons. The second-order valence-electron chi connectivity index (χ2n) is 8.76. The molecule has 8 heteroatoms. The Bertz CT molecular complexity index is 1470. The molecule has 0 bridgehead atoms. The average Bonchev–Trinajstić information content (AvgIpc) is 2.88. The molecular formula is C27H25BrN4O2S. The minimum atomic E-state index is -0.140. The third-order valence-corrected chi connectivity index (χ3v) is 7.21. The summed E-state index contributed by atoms with van der Waals surface area (Å²) in [6.45, 7) is 4.39. The van der Waals surface area contributed by atoms with Gasteiger partial charge in [0.25, 0.3) is 11.5 Å². The first-order valence-electron chi connectivity index (χ1n) is 11.5. The Morgan fingerprint density at radius 1 is 0.886 bits per heavy atom. The quantitative estimate of drug-likeness (QED) is 0.363. The number of amides is 1. The van der Waals surface area contributed by atoms with Gasteiger partial charge in [-0.25, -0.2) is 0 Å². The lowest BCUT2D eigenvalue weighted by Gasteiger charge is -2.34. The van der Waals surface area contributed by atoms with Crippen molar-refractivity contribution in [2.75, 3.05) is 26.2 Å². The van der Waals surface area contributed by atoms with Crippen molar-refractivity contribution in [2.24, 2.45) is 0 Å². The molecule has 3 aromatic carbocycles. The maximum Gasteiger partial charge on any atom is 0.262 e. The number of halogens is 1. The van der Waals surface area contributed by atoms with Gasteiger partial charge >= 0.3 is 0 Å². The maximum atomic E-state index is 13.0. The number of piperazine rings is 1. The van der Waals surface area contributed by atoms with Crippen LogP contribution in [0.1, 0.15) is 21.5 Å². The Labute approximate surface area is 216 Å². The molecule has 1 N–H and O–H groups in total. The zero-order valence-electron chi connectivity index (χ0n) is 19.1. The standard InChI is InChI=1S/C27H25BrN4O2S/c28-22-10-11-24-23(16-22)26(34)32(27(35)29-24)18-20-6-8-21(9-7-20)25(33)31-14-12-30(13-15-31)17-19-4-2-1-3-5-19/h1-11,16H,12-15,17-18H2,(H,29,35). The van der Waals surface area contributed by atoms with Crippen molar-refractivity contribution in [1.29, 1.82) is 0 Å². The molecule has 1 fully saturated rings. The zero-order valence-corrected chi connectivity index (χ0v) is 21.5. The van der Waals surface area contributed by atoms with Gasteiger partial charge in [-0.15, -0.1) is 0 Å². The SMILES string of the molecule is O=C(c1ccc(Cn2c(=S)[nH]c3ccc(Br)cc3c2=O)cc1)N1CCN(Cc2ccccc2)CC1. The fraction of sp³-hybridized carbons (Fsp3) is 0.222. The third kappa shape index (κ3) is 5.29. The van der Waals surface area contributed by atoms with Crippen LogP contribution in [0.2, 0.25) is 0 Å². The van der Waals surface area contributed by atoms with E-state index in [0.29, 0.717) is 40.9 Å². The Hall–Kier alpha value is -3.07. The number of carbonyl (C=O) groups excluding carboxylic acids is 1. The first-order valence-corrected chi connectivity index (χ1v) is 12.7. The summed E-state index contributed by atoms with van der Waals surface area (Å²) in [6, 6.07) is 23.4. The summed E-state index contributed by atoms with van der Waals surface area (Å²) in [7, 11) is 0. The van der Waals surface area contributed by atoms with Crippen LogP contribution in [0, 0.1) is 4.77 Å². The van der Waals surface area contributed by atoms with Crippen molar-refractivity contribution in [3.8, 4) is 0 Å². The average molecular weight is 549 g/mol. The molecule has 6 nitrogen and oxygen atoms in total. The number of aromatic amines is 1. The van der Waals surface area contributed by atoms with E-state index in [1.807, 2.05) is 47.4 Å². The highest BCUT2D eigenvalue weighted by molar-refractivity contribution is 9.10. The van der Waals surface area contributed by atoms with E-state index in [4.69, 9.17) is 12.2 Å². The van der Waals surface area contributed by atoms with Crippen molar-refractivity contribution in [3.63, 3.8) is 0 Å². The zero-order chi connectivity index (χ0) is 24.4. The van der Waals surface area contributed by atoms with Crippen molar-refractivity contribution in [3.05, 3.63) is 109 Å². The molecule has 1 aromatic heterocycles. The Morgan fingerprint density at radius 3 is 2.29 bits per heavy atom. The van der Waals surface area contributed by atoms with E-state index in [1.54, 1.807) is 10.6 Å². The fourth-order valence-electron chi connectivity index (χ4n) is 4.43. The first-order chi connectivity index (χ1) is 17.0. The Morgan fingerprint density at radius 2 is 1.57 bits per heavy atom. The van der Waals surface area contributed by atoms with Gasteiger partial charge in [-0.3, -0.25) is 19.1 Å². The van der Waals surface area contributed by atoms with Gasteiger partial charge in [0.1, 0.15) is 0 Å². The topological polar surface area (TPSA) is 61.3 Å². The molecule has 0 unspecified atom stereocenters. The lowest BCUT2D eigenvalue weighted by atomic mass is 10.1. The van der Waals surface area contributed by atoms with Crippen LogP contribution < -0.4 is 5.56 Å². The monoisotopic (exact) mass is 548 g/mol. The van der Waals surface area contributed by atoms with Gasteiger partial charge in [0.05, 0.1) is 17.4 Å². The largest absolute Gasteiger partial charge is 0.336 e. The summed E-state index contributed by atoms with van der Waals surface area (Å²) in [5.41, 5.74) is 3.43. The van der Waals surface area contributed by atoms with Crippen LogP contribution in [-0.4, -0.2) is 51.4 Å². The number of aromatic nitrogens is 2. The molecule has 0 saturated carbocycles. The number of rotatable bonds is 5. The van der Waals surface area contributed by atoms with E-state index >= 15 is 0 Å². The van der Waals surface area contributed by atoms with Crippen LogP contribution in [0.5, 0.6) is 0 Å². The molecule has 5 rings (SSSR count). The summed E-state index contributed by atoms with van der Waals surface area (Å²) in [6.07, 6.45) is 0. The second kappa shape index (κ2) is 10.3. The molecule has 4 aromatic rings. The van der Waals surface area contributed by atoms with Crippen LogP contribution in [0.15, 0.2) is 82.1 Å². The van der Waals surface area contributed by atoms with Gasteiger partial charge in [0, 0.05) is 42.8 Å². The number of hydrogen-bond donors (Lipinski definition) is 1. The minimum Gasteiger partial charge on any atom is -0.336 e. The van der Waals surface area contributed by atoms with E-state index in [-0.39, 0.29) is 11.5 Å². The third-order valence-electron chi connectivity index (χ3n) is 6.39. The molecule has 1 amide bonds. The van der Waals surface area contributed by atoms with E-state index < -0.39 is 0 Å². The number of carbonyl (C=O) groups is 1. The Balaban J connectivity index is 1.25. The first kappa shape index (κ1) is 23.7. The highest BCUT2D eigenvalue weighted by Crippen LogP contribution is 2.17. The summed E-state index contributed by atoms with van der Waals surface area (Å²) in [5, 5.41) is 0.575. The number of nitrogens with one attached hydrogen (secondary N) is 1. The van der Waals surface area contributed by atoms with Gasteiger partial charge in [-0.05, 0) is 53.7 Å². The van der Waals surface area contributed by atoms with Crippen LogP contribution in [0.3, 0.4) is 0 Å². The lowest BCUT2D eigenvalue weighted by molar-refractivity contribution is 0.0628. The predicted molar refractivity (Wildman–Crippen MR) is 144 cm³/mol. The summed E-state index contributed by atoms with van der Waals surface area (Å²) < 4.78 is 2.76. The van der Waals surface area contributed by atoms with Crippen LogP contribution >= 0.6 is 28.1 Å². The van der Waals surface area contributed by atoms with E-state index in [1.165, 1.54) is 5.56 Å². The second-order valence-corrected chi connectivity index (χ2v) is 10.1. The van der Waals surface area contributed by atoms with E-state index in [0.717, 1.165) is 29.7 Å². The Kier molecular flexibility index (Phi) is 6.95. The molecule has 2 heterocycles. The predicted octanol–water partition coefficient (Wildman–Crippen LogP) is 4.83. The summed E-state index contributed by atoms with van der Waals surface area (Å²) in [5.74, 6) is 0.0425. The molecule has 1 saturated heterocycles. The number of H-pyrrole nitrogens is 1. The van der Waals surface area contributed by atoms with Crippen molar-refractivity contribution in [1.82, 2.24) is 19.4 Å². The van der Waals surface area contributed by atoms with Crippen LogP contribution in [0.4, 0.5) is 0 Å². The summed E-state index contributed by atoms with van der Waals surface area (Å²) >= 11 is 8.86. The number of benzene rings is 3. The molecule has 0 aliphatic carbocycles. The normalized spacial score (nSPS) is 14.4. The number of nitrogens with zero attached hydrogens (tertiary/aromatic N) is 3. The van der Waals surface area contributed by atoms with Gasteiger partial charge in [0.2, 0.25) is 0 Å². The van der Waals surface area contributed by atoms with Crippen LogP contribution in [-0.2, 0) is 13.1 Å². The highest BCUT2D eigenvalue weighted by Gasteiger charge is 2.22. The molecule has 1 aliphatic rings. The van der Waals surface area contributed by atoms with Gasteiger partial charge in [-0.2, -0.15) is 0 Å². The number of fused-ring (bicyclic) bond motifs is 1. The van der Waals surface area contributed by atoms with Crippen molar-refractivity contribution < 1.29 is 4.79 Å².